The number of rotatable bonds is 22. The number of hydrogen-bond acceptors (Lipinski definition) is 13. The molecule has 0 aromatic carbocycles. The molecule has 0 aromatic rings. The van der Waals surface area contributed by atoms with Gasteiger partial charge in [0.15, 0.2) is 5.25 Å². The van der Waals surface area contributed by atoms with E-state index in [-0.39, 0.29) is 56.0 Å². The van der Waals surface area contributed by atoms with Crippen LogP contribution >= 0.6 is 0 Å². The minimum absolute atomic E-state index is 0. The smallest absolute Gasteiger partial charge is 1.00 e. The number of unbranched alkanes of at least 4 members (excludes halogenated alkanes) is 2. The van der Waals surface area contributed by atoms with Crippen LogP contribution in [0.1, 0.15) is 138 Å². The Kier molecular flexibility index (Phi) is 26.9. The average molecular weight is 805 g/mol. The molecule has 0 amide bonds. The van der Waals surface area contributed by atoms with Crippen LogP contribution in [0.5, 0.6) is 0 Å². The molecule has 54 heavy (non-hydrogen) atoms. The molecule has 3 N–H and O–H groups in total. The molecule has 2 saturated carbocycles. The van der Waals surface area contributed by atoms with Crippen LogP contribution in [0.15, 0.2) is 0 Å². The fourth-order valence-electron chi connectivity index (χ4n) is 6.45. The van der Waals surface area contributed by atoms with E-state index in [9.17, 15) is 41.7 Å². The molecule has 7 unspecified atom stereocenters. The van der Waals surface area contributed by atoms with E-state index in [1.807, 2.05) is 13.8 Å². The van der Waals surface area contributed by atoms with Crippen LogP contribution in [0.25, 0.3) is 0 Å². The summed E-state index contributed by atoms with van der Waals surface area (Å²) in [6, 6.07) is 0. The maximum absolute atomic E-state index is 12.2. The predicted molar refractivity (Wildman–Crippen MR) is 189 cm³/mol. The zero-order chi connectivity index (χ0) is 40.0. The Balaban J connectivity index is 0. The monoisotopic (exact) mass is 804 g/mol. The van der Waals surface area contributed by atoms with E-state index in [0.29, 0.717) is 38.5 Å². The van der Waals surface area contributed by atoms with Crippen LogP contribution in [0.2, 0.25) is 0 Å². The molecule has 16 nitrogen and oxygen atoms in total. The molecule has 0 aromatic heterocycles. The van der Waals surface area contributed by atoms with Crippen LogP contribution in [-0.2, 0) is 63.2 Å². The second kappa shape index (κ2) is 28.1. The van der Waals surface area contributed by atoms with Gasteiger partial charge >= 0.3 is 65.4 Å². The van der Waals surface area contributed by atoms with Crippen molar-refractivity contribution in [3.8, 4) is 0 Å². The van der Waals surface area contributed by atoms with Gasteiger partial charge in [0.2, 0.25) is 0 Å². The standard InChI is InChI=1S/C20H38O7S.C16H22O9.Na.H/c1-5-9-11-16(7-3)14-26-19(21)13-18(28(23,24)25)20(22)27-15-17(8-4)12-10-6-2;17-13(18)9-5-1-3-7-11(9)15(21)23-25-24-16(22)12-8-4-2-6-10(12)14(19)20;;/h16-18H,5-15H2,1-4H3,(H,23,24,25);9-12H,1-8H2,(H,17,18)(H,19,20);;/q;;+1;-1. The maximum Gasteiger partial charge on any atom is 1.00 e. The summed E-state index contributed by atoms with van der Waals surface area (Å²) in [5.74, 6) is -8.99. The first kappa shape index (κ1) is 51.7. The Labute approximate surface area is 342 Å². The molecule has 308 valence electrons. The van der Waals surface area contributed by atoms with E-state index < -0.39 is 81.3 Å². The van der Waals surface area contributed by atoms with E-state index >= 15 is 0 Å². The second-order valence-corrected chi connectivity index (χ2v) is 15.5. The van der Waals surface area contributed by atoms with Gasteiger partial charge in [-0.15, -0.1) is 0 Å². The SMILES string of the molecule is CCCCC(CC)COC(=O)CC(C(=O)OCC(CC)CCCC)S(=O)(=O)O.O=C(O)C1CCCCC1C(=O)OOOC(=O)C1CCCCC1C(=O)O.[H-].[Na+]. The molecule has 2 rings (SSSR count). The first-order valence-corrected chi connectivity index (χ1v) is 20.4. The van der Waals surface area contributed by atoms with Gasteiger partial charge in [-0.25, -0.2) is 9.59 Å². The first-order valence-electron chi connectivity index (χ1n) is 18.9. The molecular weight excluding hydrogens is 743 g/mol. The molecule has 18 heteroatoms. The average Bonchev–Trinajstić information content (AvgIpc) is 3.13. The predicted octanol–water partition coefficient (Wildman–Crippen LogP) is 2.97. The van der Waals surface area contributed by atoms with Gasteiger partial charge in [-0.1, -0.05) is 91.9 Å². The molecule has 0 aliphatic heterocycles. The van der Waals surface area contributed by atoms with Crippen LogP contribution in [0.4, 0.5) is 0 Å². The number of carboxylic acids is 2. The normalized spacial score (nSPS) is 21.4. The van der Waals surface area contributed by atoms with Crippen molar-refractivity contribution in [2.75, 3.05) is 13.2 Å². The second-order valence-electron chi connectivity index (χ2n) is 13.9. The van der Waals surface area contributed by atoms with Crippen molar-refractivity contribution in [3.05, 3.63) is 0 Å². The van der Waals surface area contributed by atoms with Gasteiger partial charge in [-0.3, -0.25) is 33.5 Å². The number of esters is 2. The summed E-state index contributed by atoms with van der Waals surface area (Å²) in [6.07, 6.45) is 11.0. The number of hydrogen-bond donors (Lipinski definition) is 3. The number of carbonyl (C=O) groups excluding carboxylic acids is 4. The molecule has 0 heterocycles. The molecular formula is C36H61NaO16S. The Morgan fingerprint density at radius 2 is 1.06 bits per heavy atom. The minimum Gasteiger partial charge on any atom is -1.00 e. The Morgan fingerprint density at radius 1 is 0.667 bits per heavy atom. The fraction of sp³-hybridized carbons (Fsp3) is 0.833. The topological polar surface area (TPSA) is 243 Å². The molecule has 2 fully saturated rings. The Hall–Kier alpha value is -2.31. The maximum atomic E-state index is 12.2. The zero-order valence-electron chi connectivity index (χ0n) is 33.5. The van der Waals surface area contributed by atoms with Gasteiger partial charge in [0.05, 0.1) is 43.3 Å². The van der Waals surface area contributed by atoms with E-state index in [2.05, 4.69) is 28.7 Å². The molecule has 0 radical (unpaired) electrons. The molecule has 0 saturated heterocycles. The summed E-state index contributed by atoms with van der Waals surface area (Å²) in [5.41, 5.74) is 0. The first-order chi connectivity index (χ1) is 25.1. The van der Waals surface area contributed by atoms with Crippen molar-refractivity contribution >= 4 is 45.9 Å². The largest absolute Gasteiger partial charge is 1.00 e. The number of ether oxygens (including phenoxy) is 2. The summed E-state index contributed by atoms with van der Waals surface area (Å²) in [5, 5.41) is 20.6. The summed E-state index contributed by atoms with van der Waals surface area (Å²) in [7, 11) is -4.76. The molecule has 7 atom stereocenters. The summed E-state index contributed by atoms with van der Waals surface area (Å²) in [6.45, 7) is 8.35. The third kappa shape index (κ3) is 19.5. The van der Waals surface area contributed by atoms with Gasteiger partial charge in [0, 0.05) is 5.04 Å². The Bertz CT molecular complexity index is 1240. The molecule has 2 aliphatic carbocycles. The van der Waals surface area contributed by atoms with Gasteiger partial charge in [0.1, 0.15) is 0 Å². The van der Waals surface area contributed by atoms with Gasteiger partial charge in [0.25, 0.3) is 10.1 Å². The van der Waals surface area contributed by atoms with E-state index in [1.165, 1.54) is 0 Å². The fourth-order valence-corrected chi connectivity index (χ4v) is 7.10. The number of carboxylic acid groups (broad SMARTS) is 2. The van der Waals surface area contributed by atoms with Gasteiger partial charge in [-0.2, -0.15) is 8.42 Å². The van der Waals surface area contributed by atoms with Crippen molar-refractivity contribution in [2.24, 2.45) is 35.5 Å². The minimum atomic E-state index is -4.76. The zero-order valence-corrected chi connectivity index (χ0v) is 35.4. The van der Waals surface area contributed by atoms with Crippen molar-refractivity contribution in [2.45, 2.75) is 142 Å². The van der Waals surface area contributed by atoms with E-state index in [0.717, 1.165) is 64.2 Å². The van der Waals surface area contributed by atoms with Crippen LogP contribution in [0, 0.1) is 35.5 Å². The van der Waals surface area contributed by atoms with Crippen molar-refractivity contribution in [3.63, 3.8) is 0 Å². The van der Waals surface area contributed by atoms with E-state index in [1.54, 1.807) is 0 Å². The van der Waals surface area contributed by atoms with Crippen LogP contribution < -0.4 is 29.6 Å². The molecule has 2 aliphatic rings. The van der Waals surface area contributed by atoms with Crippen molar-refractivity contribution in [1.82, 2.24) is 0 Å². The van der Waals surface area contributed by atoms with Crippen LogP contribution in [-0.4, -0.2) is 77.5 Å². The van der Waals surface area contributed by atoms with Crippen molar-refractivity contribution in [1.29, 1.82) is 0 Å². The summed E-state index contributed by atoms with van der Waals surface area (Å²) >= 11 is 0. The third-order valence-corrected chi connectivity index (χ3v) is 11.1. The summed E-state index contributed by atoms with van der Waals surface area (Å²) in [4.78, 5) is 79.3. The number of aliphatic carboxylic acids is 2. The van der Waals surface area contributed by atoms with E-state index in [4.69, 9.17) is 19.7 Å². The number of carbonyl (C=O) groups is 6. The Morgan fingerprint density at radius 3 is 1.41 bits per heavy atom. The van der Waals surface area contributed by atoms with Gasteiger partial charge < -0.3 is 21.1 Å². The third-order valence-electron chi connectivity index (χ3n) is 10.0. The summed E-state index contributed by atoms with van der Waals surface area (Å²) < 4.78 is 42.8. The van der Waals surface area contributed by atoms with Crippen LogP contribution in [0.3, 0.4) is 0 Å². The molecule has 0 bridgehead atoms. The quantitative estimate of drug-likeness (QED) is 0.0468. The van der Waals surface area contributed by atoms with Gasteiger partial charge in [-0.05, 0) is 50.4 Å². The van der Waals surface area contributed by atoms with Crippen molar-refractivity contribution < 1.29 is 107 Å². The molecule has 0 spiro atoms.